The molecule has 0 radical (unpaired) electrons. The molecule has 0 aliphatic carbocycles. The summed E-state index contributed by atoms with van der Waals surface area (Å²) in [5.74, 6) is 1.70. The molecule has 4 heteroatoms. The molecule has 4 nitrogen and oxygen atoms in total. The second kappa shape index (κ2) is 7.01. The highest BCUT2D eigenvalue weighted by atomic mass is 16.5. The van der Waals surface area contributed by atoms with E-state index in [1.54, 1.807) is 6.20 Å². The molecular weight excluding hydrogens is 250 g/mol. The highest BCUT2D eigenvalue weighted by molar-refractivity contribution is 5.26. The fraction of sp³-hybridized carbons (Fsp3) is 0.375. The lowest BCUT2D eigenvalue weighted by atomic mass is 10.2. The molecule has 1 aromatic carbocycles. The van der Waals surface area contributed by atoms with Gasteiger partial charge in [0.2, 0.25) is 0 Å². The van der Waals surface area contributed by atoms with E-state index < -0.39 is 0 Å². The van der Waals surface area contributed by atoms with Gasteiger partial charge in [0.15, 0.2) is 0 Å². The van der Waals surface area contributed by atoms with Gasteiger partial charge in [-0.2, -0.15) is 0 Å². The predicted molar refractivity (Wildman–Crippen MR) is 79.7 cm³/mol. The van der Waals surface area contributed by atoms with Gasteiger partial charge in [-0.3, -0.25) is 0 Å². The van der Waals surface area contributed by atoms with Gasteiger partial charge in [-0.05, 0) is 39.0 Å². The summed E-state index contributed by atoms with van der Waals surface area (Å²) >= 11 is 0. The van der Waals surface area contributed by atoms with Crippen LogP contribution in [0.25, 0.3) is 0 Å². The quantitative estimate of drug-likeness (QED) is 0.877. The first-order chi connectivity index (χ1) is 9.63. The van der Waals surface area contributed by atoms with Crippen molar-refractivity contribution >= 4 is 0 Å². The molecule has 1 heterocycles. The molecule has 0 aliphatic heterocycles. The number of aromatic nitrogens is 2. The van der Waals surface area contributed by atoms with E-state index in [1.165, 1.54) is 5.56 Å². The Bertz CT molecular complexity index is 540. The third kappa shape index (κ3) is 4.63. The van der Waals surface area contributed by atoms with Crippen LogP contribution >= 0.6 is 0 Å². The van der Waals surface area contributed by atoms with E-state index in [0.717, 1.165) is 23.8 Å². The number of hydrogen-bond donors (Lipinski definition) is 1. The van der Waals surface area contributed by atoms with Crippen LogP contribution in [0.4, 0.5) is 0 Å². The van der Waals surface area contributed by atoms with E-state index in [1.807, 2.05) is 25.1 Å². The van der Waals surface area contributed by atoms with E-state index in [4.69, 9.17) is 4.74 Å². The Morgan fingerprint density at radius 3 is 2.60 bits per heavy atom. The van der Waals surface area contributed by atoms with E-state index in [0.29, 0.717) is 6.61 Å². The molecule has 0 aliphatic rings. The van der Waals surface area contributed by atoms with Crippen LogP contribution in [0, 0.1) is 13.8 Å². The molecule has 1 N–H and O–H groups in total. The third-order valence-electron chi connectivity index (χ3n) is 2.99. The Kier molecular flexibility index (Phi) is 5.07. The molecule has 1 unspecified atom stereocenters. The Morgan fingerprint density at radius 1 is 1.15 bits per heavy atom. The zero-order chi connectivity index (χ0) is 14.4. The second-order valence-corrected chi connectivity index (χ2v) is 5.00. The highest BCUT2D eigenvalue weighted by Crippen LogP contribution is 2.11. The molecule has 106 valence electrons. The summed E-state index contributed by atoms with van der Waals surface area (Å²) in [5.41, 5.74) is 2.24. The first-order valence-electron chi connectivity index (χ1n) is 6.85. The standard InChI is InChI=1S/C16H21N3O/c1-12-4-6-16(7-5-12)20-11-13(2)18-10-15-8-9-17-14(3)19-15/h4-9,13,18H,10-11H2,1-3H3. The molecule has 2 rings (SSSR count). The SMILES string of the molecule is Cc1ccc(OCC(C)NCc2ccnc(C)n2)cc1. The van der Waals surface area contributed by atoms with Crippen LogP contribution in [-0.2, 0) is 6.54 Å². The van der Waals surface area contributed by atoms with Crippen LogP contribution < -0.4 is 10.1 Å². The van der Waals surface area contributed by atoms with Gasteiger partial charge in [-0.1, -0.05) is 17.7 Å². The highest BCUT2D eigenvalue weighted by Gasteiger charge is 2.04. The molecule has 1 atom stereocenters. The first kappa shape index (κ1) is 14.5. The minimum Gasteiger partial charge on any atom is -0.492 e. The molecule has 2 aromatic rings. The number of rotatable bonds is 6. The molecule has 20 heavy (non-hydrogen) atoms. The summed E-state index contributed by atoms with van der Waals surface area (Å²) in [5, 5.41) is 3.39. The Labute approximate surface area is 120 Å². The van der Waals surface area contributed by atoms with E-state index in [9.17, 15) is 0 Å². The zero-order valence-electron chi connectivity index (χ0n) is 12.3. The van der Waals surface area contributed by atoms with Crippen LogP contribution in [0.1, 0.15) is 24.0 Å². The normalized spacial score (nSPS) is 12.2. The summed E-state index contributed by atoms with van der Waals surface area (Å²) in [4.78, 5) is 8.45. The molecule has 0 bridgehead atoms. The number of hydrogen-bond acceptors (Lipinski definition) is 4. The molecule has 0 fully saturated rings. The molecule has 0 saturated carbocycles. The largest absolute Gasteiger partial charge is 0.492 e. The van der Waals surface area contributed by atoms with Gasteiger partial charge in [0, 0.05) is 18.8 Å². The van der Waals surface area contributed by atoms with Crippen molar-refractivity contribution in [2.24, 2.45) is 0 Å². The van der Waals surface area contributed by atoms with Crippen molar-refractivity contribution in [3.8, 4) is 5.75 Å². The zero-order valence-corrected chi connectivity index (χ0v) is 12.3. The van der Waals surface area contributed by atoms with Crippen LogP contribution in [-0.4, -0.2) is 22.6 Å². The maximum atomic E-state index is 5.74. The average Bonchev–Trinajstić information content (AvgIpc) is 2.45. The van der Waals surface area contributed by atoms with Crippen LogP contribution in [0.5, 0.6) is 5.75 Å². The number of ether oxygens (including phenoxy) is 1. The maximum Gasteiger partial charge on any atom is 0.125 e. The minimum absolute atomic E-state index is 0.256. The molecule has 0 spiro atoms. The van der Waals surface area contributed by atoms with Crippen molar-refractivity contribution in [1.82, 2.24) is 15.3 Å². The van der Waals surface area contributed by atoms with Gasteiger partial charge in [-0.25, -0.2) is 9.97 Å². The summed E-state index contributed by atoms with van der Waals surface area (Å²) in [6.45, 7) is 7.42. The summed E-state index contributed by atoms with van der Waals surface area (Å²) < 4.78 is 5.74. The van der Waals surface area contributed by atoms with E-state index in [2.05, 4.69) is 41.3 Å². The van der Waals surface area contributed by atoms with Gasteiger partial charge in [0.1, 0.15) is 18.2 Å². The first-order valence-corrected chi connectivity index (χ1v) is 6.85. The minimum atomic E-state index is 0.256. The molecule has 0 saturated heterocycles. The fourth-order valence-corrected chi connectivity index (χ4v) is 1.80. The molecule has 1 aromatic heterocycles. The van der Waals surface area contributed by atoms with E-state index >= 15 is 0 Å². The van der Waals surface area contributed by atoms with E-state index in [-0.39, 0.29) is 6.04 Å². The number of aryl methyl sites for hydroxylation is 2. The predicted octanol–water partition coefficient (Wildman–Crippen LogP) is 2.65. The Morgan fingerprint density at radius 2 is 1.90 bits per heavy atom. The lowest BCUT2D eigenvalue weighted by molar-refractivity contribution is 0.272. The third-order valence-corrected chi connectivity index (χ3v) is 2.99. The summed E-state index contributed by atoms with van der Waals surface area (Å²) in [6.07, 6.45) is 1.78. The van der Waals surface area contributed by atoms with Gasteiger partial charge in [-0.15, -0.1) is 0 Å². The van der Waals surface area contributed by atoms with Crippen molar-refractivity contribution in [1.29, 1.82) is 0 Å². The summed E-state index contributed by atoms with van der Waals surface area (Å²) in [7, 11) is 0. The summed E-state index contributed by atoms with van der Waals surface area (Å²) in [6, 6.07) is 10.3. The van der Waals surface area contributed by atoms with Crippen molar-refractivity contribution in [2.75, 3.05) is 6.61 Å². The van der Waals surface area contributed by atoms with Crippen LogP contribution in [0.2, 0.25) is 0 Å². The van der Waals surface area contributed by atoms with Gasteiger partial charge in [0.25, 0.3) is 0 Å². The van der Waals surface area contributed by atoms with Crippen molar-refractivity contribution in [2.45, 2.75) is 33.4 Å². The second-order valence-electron chi connectivity index (χ2n) is 5.00. The van der Waals surface area contributed by atoms with Crippen molar-refractivity contribution < 1.29 is 4.74 Å². The average molecular weight is 271 g/mol. The molecular formula is C16H21N3O. The molecule has 0 amide bonds. The lowest BCUT2D eigenvalue weighted by Crippen LogP contribution is -2.31. The Hall–Kier alpha value is -1.94. The van der Waals surface area contributed by atoms with Crippen molar-refractivity contribution in [3.05, 3.63) is 53.6 Å². The van der Waals surface area contributed by atoms with Crippen molar-refractivity contribution in [3.63, 3.8) is 0 Å². The van der Waals surface area contributed by atoms with Gasteiger partial charge < -0.3 is 10.1 Å². The lowest BCUT2D eigenvalue weighted by Gasteiger charge is -2.15. The van der Waals surface area contributed by atoms with Gasteiger partial charge in [0.05, 0.1) is 5.69 Å². The van der Waals surface area contributed by atoms with Crippen LogP contribution in [0.3, 0.4) is 0 Å². The van der Waals surface area contributed by atoms with Crippen LogP contribution in [0.15, 0.2) is 36.5 Å². The maximum absolute atomic E-state index is 5.74. The fourth-order valence-electron chi connectivity index (χ4n) is 1.80. The van der Waals surface area contributed by atoms with Gasteiger partial charge >= 0.3 is 0 Å². The topological polar surface area (TPSA) is 47.0 Å². The smallest absolute Gasteiger partial charge is 0.125 e. The number of nitrogens with one attached hydrogen (secondary N) is 1. The Balaban J connectivity index is 1.75. The number of nitrogens with zero attached hydrogens (tertiary/aromatic N) is 2. The monoisotopic (exact) mass is 271 g/mol. The number of benzene rings is 1.